The molecule has 0 saturated heterocycles. The zero-order valence-corrected chi connectivity index (χ0v) is 13.4. The highest BCUT2D eigenvalue weighted by atomic mass is 32.2. The summed E-state index contributed by atoms with van der Waals surface area (Å²) in [6, 6.07) is 7.19. The first kappa shape index (κ1) is 16.5. The molecule has 0 N–H and O–H groups in total. The third-order valence-electron chi connectivity index (χ3n) is 3.10. The third kappa shape index (κ3) is 3.86. The molecule has 2 aromatic rings. The Balaban J connectivity index is 2.38. The average molecular weight is 322 g/mol. The van der Waals surface area contributed by atoms with Crippen LogP contribution in [0.3, 0.4) is 0 Å². The topological polar surface area (TPSA) is 70.4 Å². The number of thioether (sulfide) groups is 1. The highest BCUT2D eigenvalue weighted by molar-refractivity contribution is 7.99. The zero-order valence-electron chi connectivity index (χ0n) is 12.6. The molecule has 0 aliphatic heterocycles. The Kier molecular flexibility index (Phi) is 5.97. The van der Waals surface area contributed by atoms with Gasteiger partial charge in [-0.2, -0.15) is 0 Å². The lowest BCUT2D eigenvalue weighted by Crippen LogP contribution is -2.24. The standard InChI is InChI=1S/C15H18N2O4S/c1-20-9-5-8-17-14(19)11-6-3-4-7-12(11)16-15(17)22-10-13(18)21-2/h3-4,6-7H,5,8-10H2,1-2H3. The fourth-order valence-electron chi connectivity index (χ4n) is 2.00. The molecule has 0 unspecified atom stereocenters. The first-order valence-electron chi connectivity index (χ1n) is 6.85. The molecule has 0 atom stereocenters. The molecular formula is C15H18N2O4S. The predicted molar refractivity (Wildman–Crippen MR) is 85.2 cm³/mol. The summed E-state index contributed by atoms with van der Waals surface area (Å²) in [5.74, 6) is -0.234. The lowest BCUT2D eigenvalue weighted by atomic mass is 10.2. The van der Waals surface area contributed by atoms with E-state index in [0.717, 1.165) is 0 Å². The van der Waals surface area contributed by atoms with Gasteiger partial charge in [-0.05, 0) is 18.6 Å². The van der Waals surface area contributed by atoms with Gasteiger partial charge in [0.15, 0.2) is 5.16 Å². The molecule has 0 amide bonds. The molecule has 1 heterocycles. The van der Waals surface area contributed by atoms with Crippen molar-refractivity contribution >= 4 is 28.6 Å². The van der Waals surface area contributed by atoms with Crippen LogP contribution in [-0.4, -0.2) is 42.1 Å². The van der Waals surface area contributed by atoms with Gasteiger partial charge < -0.3 is 9.47 Å². The number of hydrogen-bond donors (Lipinski definition) is 0. The third-order valence-corrected chi connectivity index (χ3v) is 4.05. The molecule has 0 radical (unpaired) electrons. The van der Waals surface area contributed by atoms with Crippen LogP contribution in [0.2, 0.25) is 0 Å². The van der Waals surface area contributed by atoms with E-state index in [1.54, 1.807) is 23.8 Å². The molecule has 2 rings (SSSR count). The van der Waals surface area contributed by atoms with Gasteiger partial charge >= 0.3 is 5.97 Å². The van der Waals surface area contributed by atoms with Gasteiger partial charge in [0.1, 0.15) is 0 Å². The maximum absolute atomic E-state index is 12.6. The Morgan fingerprint density at radius 3 is 2.82 bits per heavy atom. The monoisotopic (exact) mass is 322 g/mol. The van der Waals surface area contributed by atoms with Crippen molar-refractivity contribution < 1.29 is 14.3 Å². The Labute approximate surface area is 132 Å². The van der Waals surface area contributed by atoms with Gasteiger partial charge in [-0.3, -0.25) is 14.2 Å². The summed E-state index contributed by atoms with van der Waals surface area (Å²) < 4.78 is 11.3. The van der Waals surface area contributed by atoms with Crippen LogP contribution >= 0.6 is 11.8 Å². The van der Waals surface area contributed by atoms with Crippen molar-refractivity contribution in [2.75, 3.05) is 26.6 Å². The van der Waals surface area contributed by atoms with Crippen LogP contribution in [-0.2, 0) is 20.8 Å². The SMILES string of the molecule is COCCCn1c(SCC(=O)OC)nc2ccccc2c1=O. The maximum Gasteiger partial charge on any atom is 0.316 e. The molecule has 0 fully saturated rings. The van der Waals surface area contributed by atoms with Crippen LogP contribution in [0.25, 0.3) is 10.9 Å². The van der Waals surface area contributed by atoms with Gasteiger partial charge in [-0.15, -0.1) is 0 Å². The Morgan fingerprint density at radius 2 is 2.09 bits per heavy atom. The molecule has 7 heteroatoms. The number of fused-ring (bicyclic) bond motifs is 1. The molecule has 118 valence electrons. The number of carbonyl (C=O) groups is 1. The van der Waals surface area contributed by atoms with Crippen LogP contribution < -0.4 is 5.56 Å². The molecule has 0 aliphatic carbocycles. The van der Waals surface area contributed by atoms with Crippen LogP contribution in [0.5, 0.6) is 0 Å². The second-order valence-electron chi connectivity index (χ2n) is 4.58. The van der Waals surface area contributed by atoms with Gasteiger partial charge in [0, 0.05) is 20.3 Å². The lowest BCUT2D eigenvalue weighted by Gasteiger charge is -2.12. The number of aromatic nitrogens is 2. The largest absolute Gasteiger partial charge is 0.468 e. The van der Waals surface area contributed by atoms with Crippen molar-refractivity contribution in [2.45, 2.75) is 18.1 Å². The van der Waals surface area contributed by atoms with E-state index < -0.39 is 0 Å². The number of nitrogens with zero attached hydrogens (tertiary/aromatic N) is 2. The number of ether oxygens (including phenoxy) is 2. The summed E-state index contributed by atoms with van der Waals surface area (Å²) in [6.07, 6.45) is 0.697. The van der Waals surface area contributed by atoms with E-state index >= 15 is 0 Å². The van der Waals surface area contributed by atoms with Crippen molar-refractivity contribution in [1.29, 1.82) is 0 Å². The second-order valence-corrected chi connectivity index (χ2v) is 5.52. The Hall–Kier alpha value is -1.86. The number of para-hydroxylation sites is 1. The molecule has 0 aliphatic rings. The van der Waals surface area contributed by atoms with Crippen LogP contribution in [0.15, 0.2) is 34.2 Å². The fourth-order valence-corrected chi connectivity index (χ4v) is 2.86. The first-order valence-corrected chi connectivity index (χ1v) is 7.84. The molecular weight excluding hydrogens is 304 g/mol. The minimum absolute atomic E-state index is 0.103. The highest BCUT2D eigenvalue weighted by Gasteiger charge is 2.13. The van der Waals surface area contributed by atoms with Gasteiger partial charge in [-0.1, -0.05) is 23.9 Å². The van der Waals surface area contributed by atoms with Crippen LogP contribution in [0, 0.1) is 0 Å². The van der Waals surface area contributed by atoms with Crippen LogP contribution in [0.4, 0.5) is 0 Å². The smallest absolute Gasteiger partial charge is 0.316 e. The van der Waals surface area contributed by atoms with E-state index in [-0.39, 0.29) is 17.3 Å². The maximum atomic E-state index is 12.6. The summed E-state index contributed by atoms with van der Waals surface area (Å²) in [5, 5.41) is 1.09. The number of benzene rings is 1. The average Bonchev–Trinajstić information content (AvgIpc) is 2.55. The minimum Gasteiger partial charge on any atom is -0.468 e. The van der Waals surface area contributed by atoms with Crippen LogP contribution in [0.1, 0.15) is 6.42 Å². The van der Waals surface area contributed by atoms with E-state index in [1.165, 1.54) is 18.9 Å². The first-order chi connectivity index (χ1) is 10.7. The number of esters is 1. The van der Waals surface area contributed by atoms with Gasteiger partial charge in [-0.25, -0.2) is 4.98 Å². The summed E-state index contributed by atoms with van der Waals surface area (Å²) in [4.78, 5) is 28.4. The number of hydrogen-bond acceptors (Lipinski definition) is 6. The van der Waals surface area contributed by atoms with Crippen molar-refractivity contribution in [3.63, 3.8) is 0 Å². The second kappa shape index (κ2) is 7.95. The normalized spacial score (nSPS) is 10.8. The number of methoxy groups -OCH3 is 2. The minimum atomic E-state index is -0.351. The molecule has 1 aromatic heterocycles. The number of rotatable bonds is 7. The van der Waals surface area contributed by atoms with Gasteiger partial charge in [0.05, 0.1) is 23.8 Å². The predicted octanol–water partition coefficient (Wildman–Crippen LogP) is 1.70. The summed E-state index contributed by atoms with van der Waals surface area (Å²) in [7, 11) is 2.96. The fraction of sp³-hybridized carbons (Fsp3) is 0.400. The van der Waals surface area contributed by atoms with Crippen molar-refractivity contribution in [2.24, 2.45) is 0 Å². The van der Waals surface area contributed by atoms with Crippen molar-refractivity contribution in [1.82, 2.24) is 9.55 Å². The molecule has 22 heavy (non-hydrogen) atoms. The van der Waals surface area contributed by atoms with E-state index in [4.69, 9.17) is 4.74 Å². The van der Waals surface area contributed by atoms with Crippen molar-refractivity contribution in [3.8, 4) is 0 Å². The molecule has 0 spiro atoms. The zero-order chi connectivity index (χ0) is 15.9. The highest BCUT2D eigenvalue weighted by Crippen LogP contribution is 2.18. The molecule has 0 saturated carbocycles. The molecule has 1 aromatic carbocycles. The summed E-state index contributed by atoms with van der Waals surface area (Å²) in [5.41, 5.74) is 0.525. The van der Waals surface area contributed by atoms with E-state index in [1.807, 2.05) is 12.1 Å². The number of carbonyl (C=O) groups excluding carboxylic acids is 1. The summed E-state index contributed by atoms with van der Waals surface area (Å²) in [6.45, 7) is 1.05. The van der Waals surface area contributed by atoms with Gasteiger partial charge in [0.25, 0.3) is 5.56 Å². The quantitative estimate of drug-likeness (QED) is 0.334. The lowest BCUT2D eigenvalue weighted by molar-refractivity contribution is -0.137. The van der Waals surface area contributed by atoms with Crippen molar-refractivity contribution in [3.05, 3.63) is 34.6 Å². The van der Waals surface area contributed by atoms with E-state index in [9.17, 15) is 9.59 Å². The van der Waals surface area contributed by atoms with E-state index in [2.05, 4.69) is 9.72 Å². The Bertz CT molecular complexity index is 714. The van der Waals surface area contributed by atoms with Gasteiger partial charge in [0.2, 0.25) is 0 Å². The van der Waals surface area contributed by atoms with E-state index in [0.29, 0.717) is 35.6 Å². The molecule has 6 nitrogen and oxygen atoms in total. The molecule has 0 bridgehead atoms. The Morgan fingerprint density at radius 1 is 1.32 bits per heavy atom. The summed E-state index contributed by atoms with van der Waals surface area (Å²) >= 11 is 1.20.